The van der Waals surface area contributed by atoms with E-state index in [1.165, 1.54) is 24.1 Å². The molecule has 1 heterocycles. The van der Waals surface area contributed by atoms with Crippen LogP contribution in [0.25, 0.3) is 10.2 Å². The minimum absolute atomic E-state index is 0.0249. The van der Waals surface area contributed by atoms with Crippen molar-refractivity contribution >= 4 is 38.5 Å². The van der Waals surface area contributed by atoms with Crippen LogP contribution in [0.5, 0.6) is 5.75 Å². The number of nitrogens with one attached hydrogen (secondary N) is 2. The number of rotatable bonds is 8. The molecule has 0 spiro atoms. The predicted molar refractivity (Wildman–Crippen MR) is 104 cm³/mol. The Hall–Kier alpha value is -2.44. The second-order valence-corrected chi connectivity index (χ2v) is 7.97. The van der Waals surface area contributed by atoms with Gasteiger partial charge in [-0.25, -0.2) is 4.98 Å². The second kappa shape index (κ2) is 8.93. The van der Waals surface area contributed by atoms with Gasteiger partial charge in [-0.05, 0) is 26.0 Å². The van der Waals surface area contributed by atoms with Crippen LogP contribution in [-0.4, -0.2) is 60.3 Å². The predicted octanol–water partition coefficient (Wildman–Crippen LogP) is 1.92. The van der Waals surface area contributed by atoms with Gasteiger partial charge in [0.25, 0.3) is 0 Å². The number of thiazole rings is 1. The van der Waals surface area contributed by atoms with Crippen molar-refractivity contribution in [1.29, 1.82) is 0 Å². The number of benzene rings is 1. The number of fused-ring (bicyclic) bond motifs is 1. The van der Waals surface area contributed by atoms with Crippen molar-refractivity contribution in [3.05, 3.63) is 18.2 Å². The van der Waals surface area contributed by atoms with Gasteiger partial charge < -0.3 is 26.0 Å². The molecule has 0 atom stereocenters. The molecule has 1 aromatic heterocycles. The van der Waals surface area contributed by atoms with Crippen molar-refractivity contribution in [1.82, 2.24) is 15.2 Å². The van der Waals surface area contributed by atoms with Gasteiger partial charge in [0, 0.05) is 25.2 Å². The number of anilines is 1. The van der Waals surface area contributed by atoms with Crippen LogP contribution < -0.4 is 21.1 Å². The molecule has 0 aliphatic rings. The smallest absolute Gasteiger partial charge is 0.406 e. The average Bonchev–Trinajstić information content (AvgIpc) is 2.99. The minimum atomic E-state index is -4.79. The van der Waals surface area contributed by atoms with Crippen molar-refractivity contribution in [3.8, 4) is 5.75 Å². The largest absolute Gasteiger partial charge is 0.573 e. The summed E-state index contributed by atoms with van der Waals surface area (Å²) in [5.74, 6) is -1.14. The number of halogens is 3. The quantitative estimate of drug-likeness (QED) is 0.587. The van der Waals surface area contributed by atoms with Crippen molar-refractivity contribution in [3.63, 3.8) is 0 Å². The lowest BCUT2D eigenvalue weighted by molar-refractivity contribution is -0.274. The molecule has 160 valence electrons. The van der Waals surface area contributed by atoms with Crippen molar-refractivity contribution in [2.75, 3.05) is 32.0 Å². The molecule has 0 radical (unpaired) electrons. The lowest BCUT2D eigenvalue weighted by Crippen LogP contribution is -2.50. The van der Waals surface area contributed by atoms with Gasteiger partial charge >= 0.3 is 6.36 Å². The highest BCUT2D eigenvalue weighted by molar-refractivity contribution is 7.22. The fourth-order valence-corrected chi connectivity index (χ4v) is 3.05. The Morgan fingerprint density at radius 3 is 2.62 bits per heavy atom. The maximum atomic E-state index is 12.3. The number of nitrogens with zero attached hydrogens (tertiary/aromatic N) is 2. The molecule has 2 rings (SSSR count). The number of carbonyl (C=O) groups excluding carboxylic acids is 2. The Balaban J connectivity index is 1.94. The van der Waals surface area contributed by atoms with Crippen molar-refractivity contribution in [2.45, 2.75) is 25.7 Å². The zero-order valence-corrected chi connectivity index (χ0v) is 16.9. The van der Waals surface area contributed by atoms with Gasteiger partial charge in [-0.3, -0.25) is 9.59 Å². The third-order valence-electron chi connectivity index (χ3n) is 3.87. The Kier molecular flexibility index (Phi) is 7.03. The first-order valence-electron chi connectivity index (χ1n) is 8.54. The molecule has 0 aliphatic carbocycles. The zero-order valence-electron chi connectivity index (χ0n) is 16.1. The third kappa shape index (κ3) is 7.15. The summed E-state index contributed by atoms with van der Waals surface area (Å²) in [4.78, 5) is 29.7. The van der Waals surface area contributed by atoms with E-state index in [2.05, 4.69) is 20.4 Å². The number of alkyl halides is 3. The minimum Gasteiger partial charge on any atom is -0.406 e. The molecule has 0 saturated heterocycles. The number of nitrogens with two attached hydrogens (primary N) is 1. The highest BCUT2D eigenvalue weighted by Gasteiger charge is 2.31. The highest BCUT2D eigenvalue weighted by atomic mass is 32.1. The lowest BCUT2D eigenvalue weighted by atomic mass is 10.1. The molecule has 12 heteroatoms. The first-order valence-corrected chi connectivity index (χ1v) is 9.35. The number of aromatic nitrogens is 1. The summed E-state index contributed by atoms with van der Waals surface area (Å²) in [5, 5.41) is 5.75. The van der Waals surface area contributed by atoms with Crippen molar-refractivity contribution < 1.29 is 27.5 Å². The van der Waals surface area contributed by atoms with Gasteiger partial charge in [-0.2, -0.15) is 0 Å². The summed E-state index contributed by atoms with van der Waals surface area (Å²) in [6, 6.07) is 3.70. The summed E-state index contributed by atoms with van der Waals surface area (Å²) in [5.41, 5.74) is 5.59. The maximum absolute atomic E-state index is 12.3. The van der Waals surface area contributed by atoms with E-state index in [-0.39, 0.29) is 29.9 Å². The Bertz CT molecular complexity index is 885. The molecule has 4 N–H and O–H groups in total. The molecule has 0 fully saturated rings. The van der Waals surface area contributed by atoms with Crippen LogP contribution in [0.15, 0.2) is 18.2 Å². The number of carbonyl (C=O) groups is 2. The van der Waals surface area contributed by atoms with E-state index in [4.69, 9.17) is 5.73 Å². The van der Waals surface area contributed by atoms with Crippen molar-refractivity contribution in [2.24, 2.45) is 5.73 Å². The SMILES string of the molecule is CN(CC(=O)Nc1nc2ccc(OC(F)(F)F)cc2s1)C(=O)CNC(C)(C)CN. The molecule has 0 saturated carbocycles. The van der Waals surface area contributed by atoms with Gasteiger partial charge in [-0.15, -0.1) is 13.2 Å². The maximum Gasteiger partial charge on any atom is 0.573 e. The van der Waals surface area contributed by atoms with Gasteiger partial charge in [0.2, 0.25) is 11.8 Å². The van der Waals surface area contributed by atoms with Gasteiger partial charge in [0.05, 0.1) is 23.3 Å². The van der Waals surface area contributed by atoms with Gasteiger partial charge in [-0.1, -0.05) is 11.3 Å². The molecular weight excluding hydrogens is 411 g/mol. The second-order valence-electron chi connectivity index (χ2n) is 6.94. The molecule has 2 amide bonds. The molecule has 0 bridgehead atoms. The topological polar surface area (TPSA) is 110 Å². The van der Waals surface area contributed by atoms with Crippen LogP contribution in [0, 0.1) is 0 Å². The van der Waals surface area contributed by atoms with Crippen LogP contribution in [0.4, 0.5) is 18.3 Å². The first-order chi connectivity index (χ1) is 13.4. The van der Waals surface area contributed by atoms with Crippen LogP contribution in [0.2, 0.25) is 0 Å². The van der Waals surface area contributed by atoms with E-state index in [1.54, 1.807) is 0 Å². The Labute approximate surface area is 169 Å². The van der Waals surface area contributed by atoms with Crippen LogP contribution in [0.3, 0.4) is 0 Å². The standard InChI is InChI=1S/C17H22F3N5O3S/c1-16(2,9-21)22-7-14(27)25(3)8-13(26)24-15-23-11-5-4-10(6-12(11)29-15)28-17(18,19)20/h4-6,22H,7-9,21H2,1-3H3,(H,23,24,26). The fraction of sp³-hybridized carbons (Fsp3) is 0.471. The number of ether oxygens (including phenoxy) is 1. The summed E-state index contributed by atoms with van der Waals surface area (Å²) >= 11 is 0.998. The van der Waals surface area contributed by atoms with Crippen LogP contribution >= 0.6 is 11.3 Å². The number of amides is 2. The summed E-state index contributed by atoms with van der Waals surface area (Å²) in [6.45, 7) is 3.87. The number of likely N-dealkylation sites (N-methyl/N-ethyl adjacent to an activating group) is 1. The molecule has 1 aromatic carbocycles. The summed E-state index contributed by atoms with van der Waals surface area (Å²) < 4.78 is 41.2. The Morgan fingerprint density at radius 2 is 2.00 bits per heavy atom. The van der Waals surface area contributed by atoms with Gasteiger partial charge in [0.1, 0.15) is 5.75 Å². The van der Waals surface area contributed by atoms with Gasteiger partial charge in [0.15, 0.2) is 5.13 Å². The molecule has 2 aromatic rings. The van der Waals surface area contributed by atoms with E-state index in [1.807, 2.05) is 13.8 Å². The monoisotopic (exact) mass is 433 g/mol. The molecule has 0 aliphatic heterocycles. The summed E-state index contributed by atoms with van der Waals surface area (Å²) in [7, 11) is 1.48. The third-order valence-corrected chi connectivity index (χ3v) is 4.81. The van der Waals surface area contributed by atoms with E-state index in [0.717, 1.165) is 17.4 Å². The average molecular weight is 433 g/mol. The number of hydrogen-bond acceptors (Lipinski definition) is 7. The van der Waals surface area contributed by atoms with Crippen LogP contribution in [0.1, 0.15) is 13.8 Å². The highest BCUT2D eigenvalue weighted by Crippen LogP contribution is 2.31. The van der Waals surface area contributed by atoms with E-state index in [9.17, 15) is 22.8 Å². The zero-order chi connectivity index (χ0) is 21.8. The Morgan fingerprint density at radius 1 is 1.31 bits per heavy atom. The van der Waals surface area contributed by atoms with E-state index in [0.29, 0.717) is 16.8 Å². The molecule has 29 heavy (non-hydrogen) atoms. The van der Waals surface area contributed by atoms with E-state index < -0.39 is 17.8 Å². The summed E-state index contributed by atoms with van der Waals surface area (Å²) in [6.07, 6.45) is -4.79. The van der Waals surface area contributed by atoms with Crippen LogP contribution in [-0.2, 0) is 9.59 Å². The van der Waals surface area contributed by atoms with E-state index >= 15 is 0 Å². The first kappa shape index (κ1) is 22.8. The molecular formula is C17H22F3N5O3S. The molecule has 0 unspecified atom stereocenters. The normalized spacial score (nSPS) is 12.1. The fourth-order valence-electron chi connectivity index (χ4n) is 2.14. The molecule has 8 nitrogen and oxygen atoms in total. The number of hydrogen-bond donors (Lipinski definition) is 3. The lowest BCUT2D eigenvalue weighted by Gasteiger charge is -2.25.